The highest BCUT2D eigenvalue weighted by molar-refractivity contribution is 6.05. The number of nitrogens with one attached hydrogen (secondary N) is 1. The number of carbonyl (C=O) groups is 1. The molecular weight excluding hydrogens is 428 g/mol. The highest BCUT2D eigenvalue weighted by atomic mass is 19.4. The van der Waals surface area contributed by atoms with Gasteiger partial charge < -0.3 is 5.32 Å². The first kappa shape index (κ1) is 22.0. The zero-order valence-electron chi connectivity index (χ0n) is 15.7. The Bertz CT molecular complexity index is 1090. The summed E-state index contributed by atoms with van der Waals surface area (Å²) in [6.45, 7) is 1.44. The van der Waals surface area contributed by atoms with Gasteiger partial charge in [-0.3, -0.25) is 9.78 Å². The standard InChI is InChI=1S/C19H13F6N5O/c1-11(17(31)28-15-3-2-4-26-8-15)9-30-10-27-16(29-30)12-5-13(18(20,21)22)7-14(6-12)19(23,24)25/h2-10H,1H3,(H,28,31)/b11-9+. The lowest BCUT2D eigenvalue weighted by Gasteiger charge is -2.13. The van der Waals surface area contributed by atoms with Gasteiger partial charge in [0.05, 0.1) is 23.0 Å². The van der Waals surface area contributed by atoms with E-state index in [4.69, 9.17) is 0 Å². The summed E-state index contributed by atoms with van der Waals surface area (Å²) >= 11 is 0. The topological polar surface area (TPSA) is 72.7 Å². The van der Waals surface area contributed by atoms with E-state index in [2.05, 4.69) is 20.4 Å². The SMILES string of the molecule is C/C(=C\n1cnc(-c2cc(C(F)(F)F)cc(C(F)(F)F)c2)n1)C(=O)Nc1cccnc1. The maximum Gasteiger partial charge on any atom is 0.416 e. The molecule has 3 rings (SSSR count). The molecule has 0 radical (unpaired) electrons. The molecule has 1 N–H and O–H groups in total. The molecule has 0 aliphatic carbocycles. The van der Waals surface area contributed by atoms with E-state index in [0.717, 1.165) is 11.0 Å². The Morgan fingerprint density at radius 1 is 1.06 bits per heavy atom. The molecule has 1 aromatic carbocycles. The van der Waals surface area contributed by atoms with Crippen molar-refractivity contribution >= 4 is 17.8 Å². The van der Waals surface area contributed by atoms with Gasteiger partial charge in [0.1, 0.15) is 6.33 Å². The smallest absolute Gasteiger partial charge is 0.321 e. The van der Waals surface area contributed by atoms with Crippen molar-refractivity contribution in [1.29, 1.82) is 0 Å². The molecule has 0 unspecified atom stereocenters. The Kier molecular flexibility index (Phi) is 5.82. The number of rotatable bonds is 4. The first-order chi connectivity index (χ1) is 14.4. The second-order valence-electron chi connectivity index (χ2n) is 6.35. The number of alkyl halides is 6. The average molecular weight is 441 g/mol. The lowest BCUT2D eigenvalue weighted by molar-refractivity contribution is -0.143. The van der Waals surface area contributed by atoms with Crippen LogP contribution in [0.3, 0.4) is 0 Å². The fraction of sp³-hybridized carbons (Fsp3) is 0.158. The molecule has 0 spiro atoms. The summed E-state index contributed by atoms with van der Waals surface area (Å²) in [6, 6.07) is 4.30. The maximum atomic E-state index is 13.0. The minimum atomic E-state index is -4.99. The molecule has 6 nitrogen and oxygen atoms in total. The fourth-order valence-corrected chi connectivity index (χ4v) is 2.48. The molecule has 0 aliphatic rings. The number of benzene rings is 1. The average Bonchev–Trinajstić information content (AvgIpc) is 3.15. The third-order valence-electron chi connectivity index (χ3n) is 3.96. The van der Waals surface area contributed by atoms with Gasteiger partial charge in [-0.05, 0) is 37.3 Å². The Hall–Kier alpha value is -3.70. The van der Waals surface area contributed by atoms with E-state index in [0.29, 0.717) is 17.8 Å². The predicted molar refractivity (Wildman–Crippen MR) is 98.3 cm³/mol. The van der Waals surface area contributed by atoms with Crippen LogP contribution in [0.1, 0.15) is 18.1 Å². The molecule has 0 saturated carbocycles. The summed E-state index contributed by atoms with van der Waals surface area (Å²) in [4.78, 5) is 19.8. The quantitative estimate of drug-likeness (QED) is 0.463. The number of carbonyl (C=O) groups excluding carboxylic acids is 1. The van der Waals surface area contributed by atoms with Crippen molar-refractivity contribution in [2.75, 3.05) is 5.32 Å². The van der Waals surface area contributed by atoms with Crippen LogP contribution in [0.4, 0.5) is 32.0 Å². The zero-order valence-corrected chi connectivity index (χ0v) is 15.7. The van der Waals surface area contributed by atoms with Gasteiger partial charge in [-0.25, -0.2) is 9.67 Å². The highest BCUT2D eigenvalue weighted by Gasteiger charge is 2.37. The molecule has 2 heterocycles. The number of hydrogen-bond acceptors (Lipinski definition) is 4. The van der Waals surface area contributed by atoms with Crippen LogP contribution in [0.15, 0.2) is 54.6 Å². The molecule has 0 aliphatic heterocycles. The summed E-state index contributed by atoms with van der Waals surface area (Å²) < 4.78 is 79.2. The third-order valence-corrected chi connectivity index (χ3v) is 3.96. The summed E-state index contributed by atoms with van der Waals surface area (Å²) in [7, 11) is 0. The molecule has 162 valence electrons. The number of hydrogen-bond donors (Lipinski definition) is 1. The van der Waals surface area contributed by atoms with E-state index in [1.807, 2.05) is 0 Å². The second kappa shape index (κ2) is 8.20. The molecule has 0 saturated heterocycles. The van der Waals surface area contributed by atoms with E-state index < -0.39 is 35.0 Å². The normalized spacial score (nSPS) is 12.7. The maximum absolute atomic E-state index is 13.0. The highest BCUT2D eigenvalue weighted by Crippen LogP contribution is 2.38. The van der Waals surface area contributed by atoms with E-state index in [9.17, 15) is 31.1 Å². The van der Waals surface area contributed by atoms with E-state index in [1.165, 1.54) is 25.5 Å². The molecule has 0 fully saturated rings. The van der Waals surface area contributed by atoms with Crippen LogP contribution in [-0.4, -0.2) is 25.7 Å². The number of aromatic nitrogens is 4. The first-order valence-electron chi connectivity index (χ1n) is 8.54. The van der Waals surface area contributed by atoms with Crippen LogP contribution >= 0.6 is 0 Å². The van der Waals surface area contributed by atoms with Gasteiger partial charge in [0.15, 0.2) is 5.82 Å². The van der Waals surface area contributed by atoms with Crippen molar-refractivity contribution in [3.05, 3.63) is 65.8 Å². The van der Waals surface area contributed by atoms with Crippen LogP contribution < -0.4 is 5.32 Å². The van der Waals surface area contributed by atoms with Crippen molar-refractivity contribution < 1.29 is 31.1 Å². The Morgan fingerprint density at radius 3 is 2.26 bits per heavy atom. The zero-order chi connectivity index (χ0) is 22.8. The van der Waals surface area contributed by atoms with Gasteiger partial charge in [0, 0.05) is 23.5 Å². The van der Waals surface area contributed by atoms with Crippen LogP contribution in [0.25, 0.3) is 17.6 Å². The molecule has 31 heavy (non-hydrogen) atoms. The molecule has 0 bridgehead atoms. The first-order valence-corrected chi connectivity index (χ1v) is 8.54. The Balaban J connectivity index is 1.89. The largest absolute Gasteiger partial charge is 0.416 e. The van der Waals surface area contributed by atoms with Crippen molar-refractivity contribution in [1.82, 2.24) is 19.7 Å². The van der Waals surface area contributed by atoms with Gasteiger partial charge in [-0.1, -0.05) is 0 Å². The van der Waals surface area contributed by atoms with Gasteiger partial charge in [-0.2, -0.15) is 26.3 Å². The minimum absolute atomic E-state index is 0.0212. The Morgan fingerprint density at radius 2 is 1.71 bits per heavy atom. The molecule has 3 aromatic rings. The van der Waals surface area contributed by atoms with Crippen LogP contribution in [-0.2, 0) is 17.1 Å². The summed E-state index contributed by atoms with van der Waals surface area (Å²) in [6.07, 6.45) is -4.75. The van der Waals surface area contributed by atoms with Crippen LogP contribution in [0.2, 0.25) is 0 Å². The predicted octanol–water partition coefficient (Wildman–Crippen LogP) is 4.88. The lowest BCUT2D eigenvalue weighted by Crippen LogP contribution is -2.13. The van der Waals surface area contributed by atoms with Gasteiger partial charge in [-0.15, -0.1) is 5.10 Å². The minimum Gasteiger partial charge on any atom is -0.321 e. The third kappa shape index (κ3) is 5.47. The van der Waals surface area contributed by atoms with Gasteiger partial charge >= 0.3 is 12.4 Å². The van der Waals surface area contributed by atoms with Crippen LogP contribution in [0, 0.1) is 0 Å². The van der Waals surface area contributed by atoms with Crippen molar-refractivity contribution in [3.63, 3.8) is 0 Å². The summed E-state index contributed by atoms with van der Waals surface area (Å²) in [5.41, 5.74) is -2.83. The number of anilines is 1. The van der Waals surface area contributed by atoms with E-state index in [1.54, 1.807) is 12.1 Å². The van der Waals surface area contributed by atoms with Crippen LogP contribution in [0.5, 0.6) is 0 Å². The molecule has 1 amide bonds. The number of halogens is 6. The second-order valence-corrected chi connectivity index (χ2v) is 6.35. The van der Waals surface area contributed by atoms with Gasteiger partial charge in [0.2, 0.25) is 0 Å². The van der Waals surface area contributed by atoms with E-state index in [-0.39, 0.29) is 17.5 Å². The lowest BCUT2D eigenvalue weighted by atomic mass is 10.0. The van der Waals surface area contributed by atoms with Gasteiger partial charge in [0.25, 0.3) is 5.91 Å². The number of nitrogens with zero attached hydrogens (tertiary/aromatic N) is 4. The number of pyridine rings is 1. The molecule has 2 aromatic heterocycles. The summed E-state index contributed by atoms with van der Waals surface area (Å²) in [5.74, 6) is -0.878. The van der Waals surface area contributed by atoms with Crippen molar-refractivity contribution in [3.8, 4) is 11.4 Å². The summed E-state index contributed by atoms with van der Waals surface area (Å²) in [5, 5.41) is 6.43. The van der Waals surface area contributed by atoms with Crippen molar-refractivity contribution in [2.45, 2.75) is 19.3 Å². The fourth-order valence-electron chi connectivity index (χ4n) is 2.48. The molecule has 12 heteroatoms. The number of amides is 1. The molecular formula is C19H13F6N5O. The molecule has 0 atom stereocenters. The monoisotopic (exact) mass is 441 g/mol. The van der Waals surface area contributed by atoms with Crippen molar-refractivity contribution in [2.24, 2.45) is 0 Å². The van der Waals surface area contributed by atoms with E-state index >= 15 is 0 Å². The Labute approximate surface area is 171 Å².